The molecule has 0 aliphatic carbocycles. The Morgan fingerprint density at radius 1 is 0.408 bits per heavy atom. The summed E-state index contributed by atoms with van der Waals surface area (Å²) >= 11 is 0. The lowest BCUT2D eigenvalue weighted by Crippen LogP contribution is -2.29. The lowest BCUT2D eigenvalue weighted by molar-refractivity contribution is -0.384. The van der Waals surface area contributed by atoms with Gasteiger partial charge >= 0.3 is 0 Å². The molecule has 38 heteroatoms. The Hall–Kier alpha value is -14.2. The van der Waals surface area contributed by atoms with Crippen molar-refractivity contribution in [1.29, 1.82) is 0 Å². The van der Waals surface area contributed by atoms with Crippen LogP contribution in [0.3, 0.4) is 0 Å². The van der Waals surface area contributed by atoms with E-state index in [1.54, 1.807) is 159 Å². The average molecular weight is 2100 g/mol. The van der Waals surface area contributed by atoms with E-state index in [0.717, 1.165) is 181 Å². The van der Waals surface area contributed by atoms with Gasteiger partial charge in [-0.05, 0) is 239 Å². The molecule has 0 saturated carbocycles. The third kappa shape index (κ3) is 29.2. The van der Waals surface area contributed by atoms with Gasteiger partial charge in [0.2, 0.25) is 0 Å². The molecule has 0 unspecified atom stereocenters. The molecular formula is C109H124ClN15O18S4. The zero-order valence-corrected chi connectivity index (χ0v) is 86.9. The summed E-state index contributed by atoms with van der Waals surface area (Å²) < 4.78 is 107. The highest BCUT2D eigenvalue weighted by Crippen LogP contribution is 2.40. The van der Waals surface area contributed by atoms with Crippen LogP contribution in [0.1, 0.15) is 113 Å². The van der Waals surface area contributed by atoms with Crippen LogP contribution in [0.2, 0.25) is 0 Å². The number of H-pyrrole nitrogens is 2. The molecule has 1 saturated heterocycles. The first-order valence-corrected chi connectivity index (χ1v) is 53.9. The number of ketones is 3. The number of anilines is 1. The van der Waals surface area contributed by atoms with E-state index < -0.39 is 49.0 Å². The standard InChI is InChI=1S/C26H27N3O2S.C20H19N3O4S.C20H21N3O2S.C14H15N3O2.C8H6N2O2.C6H5ClO2S.C6H11NO.C6H10O2.C2H6O.CH4/c1-19-9-10-20(2)29(19)22-11-12-26-24(17-22)25(21-13-15-27(3)16-14-21)18-28(26)32(30,31)23-7-5-4-6-8-23;1-21-11-9-15(10-12-21)19-14-22(28(26,27)17-5-3-2-4-6-17)20-8-7-16(23(24)25)13-18(19)20;1-22-11-9-15(10-12-22)19-14-23(20-8-7-16(21)13-18(19)20)26(24,25)17-5-3-2-4-6-17;1-16-6-4-10(5-7-16)13-9-15-14-3-2-11(17(18)19)8-12(13)14;11-10(12)7-1-2-8-6(5-7)3-4-9-8;7-10(8,9)6-4-2-1-3-5-6;1-7-4-2-6(8)3-5-7;1-5(7)3-4-6(2)8;1-2-3;/h4-13,17-18H,14-16H2,1-3H3;2-9,13-14H,10-12H2,1H3;2-9,13-14H,10-12,21H2,1H3;2-4,8-9,15H,5-7H2,1H3;1-5,9H;1-5H;2-5H2,1H3;3-4H2,1-2H3;3H,2H2,1H3;1H4. The summed E-state index contributed by atoms with van der Waals surface area (Å²) in [6.07, 6.45) is 23.3. The summed E-state index contributed by atoms with van der Waals surface area (Å²) in [6, 6.07) is 64.7. The van der Waals surface area contributed by atoms with Crippen LogP contribution in [0, 0.1) is 44.2 Å². The molecule has 774 valence electrons. The van der Waals surface area contributed by atoms with Gasteiger partial charge in [0.15, 0.2) is 0 Å². The molecule has 11 heterocycles. The summed E-state index contributed by atoms with van der Waals surface area (Å²) in [5, 5.41) is 44.3. The van der Waals surface area contributed by atoms with Gasteiger partial charge in [0.1, 0.15) is 17.3 Å². The SMILES string of the molecule is C.CC(=O)CCC(C)=O.CCO.CN1CC=C(c2c[nH]c3ccc([N+](=O)[O-])cc23)CC1.CN1CC=C(c2cn(S(=O)(=O)c3ccccc3)c3ccc(N)cc23)CC1.CN1CC=C(c2cn(S(=O)(=O)c3ccccc3)c3ccc([N+](=O)[O-])cc23)CC1.CN1CCC(=O)CC1.Cc1ccc(C)n1-c1ccc2c(c1)c(C1=CCN(C)CC1)cn2S(=O)(=O)c1ccccc1.O=S(=O)(Cl)c1ccccc1.O=[N+]([O-])c1ccc2[nH]ccc2c1. The molecule has 5 aliphatic rings. The van der Waals surface area contributed by atoms with Crippen molar-refractivity contribution in [3.05, 3.63) is 350 Å². The maximum Gasteiger partial charge on any atom is 0.270 e. The number of nitrogens with two attached hydrogens (primary N) is 1. The lowest BCUT2D eigenvalue weighted by Gasteiger charge is -2.21. The Bertz CT molecular complexity index is 7830. The minimum atomic E-state index is -3.82. The molecule has 0 radical (unpaired) electrons. The van der Waals surface area contributed by atoms with Crippen molar-refractivity contribution >= 4 is 167 Å². The van der Waals surface area contributed by atoms with E-state index >= 15 is 0 Å². The van der Waals surface area contributed by atoms with E-state index in [4.69, 9.17) is 21.5 Å². The molecule has 6 aromatic heterocycles. The Labute approximate surface area is 861 Å². The Morgan fingerprint density at radius 3 is 1.10 bits per heavy atom. The molecule has 15 aromatic rings. The minimum Gasteiger partial charge on any atom is -0.399 e. The molecule has 0 atom stereocenters. The molecule has 1 fully saturated rings. The Kier molecular flexibility index (Phi) is 39.4. The maximum absolute atomic E-state index is 13.5. The second-order valence-electron chi connectivity index (χ2n) is 35.8. The third-order valence-electron chi connectivity index (χ3n) is 25.0. The normalized spacial score (nSPS) is 14.8. The summed E-state index contributed by atoms with van der Waals surface area (Å²) in [4.78, 5) is 80.4. The zero-order chi connectivity index (χ0) is 105. The van der Waals surface area contributed by atoms with Crippen molar-refractivity contribution < 1.29 is 67.9 Å². The predicted octanol–water partition coefficient (Wildman–Crippen LogP) is 20.0. The number of halogens is 1. The number of nitrogen functional groups attached to an aromatic ring is 1. The number of likely N-dealkylation sites (N-methyl/N-ethyl adjacent to an activating group) is 4. The lowest BCUT2D eigenvalue weighted by atomic mass is 9.99. The van der Waals surface area contributed by atoms with Gasteiger partial charge in [0.25, 0.3) is 56.2 Å². The first-order chi connectivity index (χ1) is 69.5. The minimum absolute atomic E-state index is 0. The molecule has 5 aliphatic heterocycles. The van der Waals surface area contributed by atoms with Gasteiger partial charge in [0.05, 0.1) is 50.9 Å². The number of aromatic amines is 2. The largest absolute Gasteiger partial charge is 0.399 e. The van der Waals surface area contributed by atoms with Gasteiger partial charge in [0, 0.05) is 259 Å². The Morgan fingerprint density at radius 2 is 0.741 bits per heavy atom. The van der Waals surface area contributed by atoms with E-state index in [-0.39, 0.29) is 62.3 Å². The number of aliphatic hydroxyl groups is 1. The molecule has 0 spiro atoms. The van der Waals surface area contributed by atoms with E-state index in [2.05, 4.69) is 117 Å². The molecule has 5 N–H and O–H groups in total. The molecule has 147 heavy (non-hydrogen) atoms. The van der Waals surface area contributed by atoms with Crippen LogP contribution in [0.5, 0.6) is 0 Å². The van der Waals surface area contributed by atoms with Gasteiger partial charge in [-0.25, -0.2) is 45.6 Å². The number of nitro groups is 3. The number of carbonyl (C=O) groups is 3. The van der Waals surface area contributed by atoms with Crippen molar-refractivity contribution in [2.75, 3.05) is 113 Å². The summed E-state index contributed by atoms with van der Waals surface area (Å²) in [5.41, 5.74) is 22.2. The maximum atomic E-state index is 13.5. The number of hydrogen-bond donors (Lipinski definition) is 4. The molecule has 33 nitrogen and oxygen atoms in total. The molecule has 0 bridgehead atoms. The van der Waals surface area contributed by atoms with Gasteiger partial charge in [-0.1, -0.05) is 105 Å². The fourth-order valence-electron chi connectivity index (χ4n) is 16.9. The number of non-ortho nitro benzene ring substituents is 3. The first-order valence-electron chi connectivity index (χ1n) is 47.3. The van der Waals surface area contributed by atoms with Crippen LogP contribution in [0.15, 0.2) is 305 Å². The number of Topliss-reactive ketones (excluding diaryl/α,β-unsaturated/α-hetero) is 3. The number of aryl methyl sites for hydroxylation is 2. The molecule has 9 aromatic carbocycles. The predicted molar refractivity (Wildman–Crippen MR) is 584 cm³/mol. The van der Waals surface area contributed by atoms with E-state index in [0.29, 0.717) is 51.1 Å². The highest BCUT2D eigenvalue weighted by molar-refractivity contribution is 8.13. The number of aromatic nitrogens is 6. The fraction of sp³-hybridized carbons (Fsp3) is 0.275. The summed E-state index contributed by atoms with van der Waals surface area (Å²) in [6.45, 7) is 18.2. The number of carbonyl (C=O) groups excluding carboxylic acids is 3. The number of piperidine rings is 1. The molecular weight excluding hydrogens is 1970 g/mol. The van der Waals surface area contributed by atoms with Crippen LogP contribution in [0.4, 0.5) is 22.7 Å². The van der Waals surface area contributed by atoms with Crippen LogP contribution < -0.4 is 5.73 Å². The molecule has 0 amide bonds. The second kappa shape index (κ2) is 51.2. The molecule has 20 rings (SSSR count). The van der Waals surface area contributed by atoms with Crippen molar-refractivity contribution in [2.45, 2.75) is 113 Å². The monoisotopic (exact) mass is 2090 g/mol. The first kappa shape index (κ1) is 113. The number of nitrogens with one attached hydrogen (secondary N) is 2. The van der Waals surface area contributed by atoms with Crippen LogP contribution in [0.25, 0.3) is 82.5 Å². The number of likely N-dealkylation sites (tertiary alicyclic amines) is 1. The number of rotatable bonds is 18. The van der Waals surface area contributed by atoms with Crippen LogP contribution in [-0.2, 0) is 53.5 Å². The number of nitro benzene ring substituents is 3. The second-order valence-corrected chi connectivity index (χ2v) is 43.8. The van der Waals surface area contributed by atoms with Crippen molar-refractivity contribution in [1.82, 2.24) is 51.0 Å². The third-order valence-corrected chi connectivity index (χ3v) is 31.4. The number of fused-ring (bicyclic) bond motifs is 5. The van der Waals surface area contributed by atoms with Crippen molar-refractivity contribution in [2.24, 2.45) is 0 Å². The van der Waals surface area contributed by atoms with Gasteiger partial charge in [-0.2, -0.15) is 0 Å². The van der Waals surface area contributed by atoms with Crippen molar-refractivity contribution in [3.63, 3.8) is 0 Å². The van der Waals surface area contributed by atoms with Gasteiger partial charge in [-0.15, -0.1) is 0 Å². The number of benzene rings is 9. The summed E-state index contributed by atoms with van der Waals surface area (Å²) in [7, 11) is 0.643. The van der Waals surface area contributed by atoms with E-state index in [1.165, 1.54) is 84.9 Å². The number of hydrogen-bond acceptors (Lipinski definition) is 24. The van der Waals surface area contributed by atoms with Crippen molar-refractivity contribution in [3.8, 4) is 5.69 Å². The van der Waals surface area contributed by atoms with Crippen LogP contribution in [-0.4, -0.2) is 229 Å². The van der Waals surface area contributed by atoms with E-state index in [9.17, 15) is 78.4 Å². The zero-order valence-electron chi connectivity index (χ0n) is 82.9. The van der Waals surface area contributed by atoms with Crippen LogP contribution >= 0.6 is 10.7 Å². The van der Waals surface area contributed by atoms with Gasteiger partial charge in [-0.3, -0.25) is 35.1 Å². The highest BCUT2D eigenvalue weighted by Gasteiger charge is 2.30. The number of nitrogens with zero attached hydrogens (tertiary/aromatic N) is 12. The quantitative estimate of drug-likeness (QED) is 0.0268. The Balaban J connectivity index is 0.000000166. The average Bonchev–Trinajstić information content (AvgIpc) is 1.59. The van der Waals surface area contributed by atoms with E-state index in [1.807, 2.05) is 62.9 Å². The van der Waals surface area contributed by atoms with Gasteiger partial charge < -0.3 is 59.5 Å². The number of aliphatic hydroxyl groups excluding tert-OH is 1. The smallest absolute Gasteiger partial charge is 0.270 e. The summed E-state index contributed by atoms with van der Waals surface area (Å²) in [5.74, 6) is 0.587. The fourth-order valence-corrected chi connectivity index (χ4v) is 21.9. The highest BCUT2D eigenvalue weighted by atomic mass is 35.7. The topological polar surface area (TPSA) is 431 Å².